The molecule has 3 unspecified atom stereocenters. The second-order valence-electron chi connectivity index (χ2n) is 9.29. The normalized spacial score (nSPS) is 18.1. The molecule has 1 aliphatic rings. The average Bonchev–Trinajstić information content (AvgIpc) is 3.38. The van der Waals surface area contributed by atoms with E-state index in [9.17, 15) is 0 Å². The van der Waals surface area contributed by atoms with Crippen LogP contribution >= 0.6 is 23.5 Å². The number of thioether (sulfide) groups is 2. The number of hydrogen-bond acceptors (Lipinski definition) is 4. The Labute approximate surface area is 216 Å². The molecule has 0 amide bonds. The Morgan fingerprint density at radius 3 is 2.68 bits per heavy atom. The van der Waals surface area contributed by atoms with Crippen molar-refractivity contribution >= 4 is 23.5 Å². The number of rotatable bonds is 13. The van der Waals surface area contributed by atoms with Gasteiger partial charge in [-0.25, -0.2) is 0 Å². The standard InChI is InChI=1S/C30H42N2S2/c1-5-7-10-24-18-25(13-14-31)20-28(19-24)29(17-22(3)9-6-2)34-23(4)26-11-8-12-27(21-26)30-32-15-16-33-30/h5,8,11-12,17-21,23,29-30,32H,1,6-7,9-10,13-16,31H2,2-4H3. The fourth-order valence-corrected chi connectivity index (χ4v) is 6.94. The molecular weight excluding hydrogens is 452 g/mol. The minimum absolute atomic E-state index is 0.324. The quantitative estimate of drug-likeness (QED) is 0.277. The number of benzene rings is 2. The van der Waals surface area contributed by atoms with Crippen LogP contribution in [-0.4, -0.2) is 18.8 Å². The van der Waals surface area contributed by atoms with Gasteiger partial charge in [0.05, 0.1) is 5.37 Å². The second kappa shape index (κ2) is 14.2. The predicted octanol–water partition coefficient (Wildman–Crippen LogP) is 7.92. The molecule has 1 heterocycles. The van der Waals surface area contributed by atoms with Gasteiger partial charge in [-0.2, -0.15) is 0 Å². The summed E-state index contributed by atoms with van der Waals surface area (Å²) in [5.41, 5.74) is 14.4. The van der Waals surface area contributed by atoms with Crippen LogP contribution in [0.25, 0.3) is 0 Å². The van der Waals surface area contributed by atoms with E-state index in [1.54, 1.807) is 0 Å². The van der Waals surface area contributed by atoms with E-state index >= 15 is 0 Å². The van der Waals surface area contributed by atoms with Crippen molar-refractivity contribution in [3.8, 4) is 0 Å². The Bertz CT molecular complexity index is 947. The lowest BCUT2D eigenvalue weighted by Crippen LogP contribution is -2.12. The molecule has 2 aromatic carbocycles. The molecule has 3 atom stereocenters. The average molecular weight is 495 g/mol. The maximum absolute atomic E-state index is 5.94. The molecule has 34 heavy (non-hydrogen) atoms. The topological polar surface area (TPSA) is 38.0 Å². The first-order valence-electron chi connectivity index (χ1n) is 12.7. The van der Waals surface area contributed by atoms with Gasteiger partial charge in [0.15, 0.2) is 0 Å². The van der Waals surface area contributed by atoms with Crippen molar-refractivity contribution in [3.63, 3.8) is 0 Å². The first kappa shape index (κ1) is 27.1. The van der Waals surface area contributed by atoms with Crippen LogP contribution in [0.3, 0.4) is 0 Å². The van der Waals surface area contributed by atoms with Crippen LogP contribution in [0.2, 0.25) is 0 Å². The molecule has 1 saturated heterocycles. The highest BCUT2D eigenvalue weighted by Gasteiger charge is 2.20. The minimum Gasteiger partial charge on any atom is -0.330 e. The Kier molecular flexibility index (Phi) is 11.3. The summed E-state index contributed by atoms with van der Waals surface area (Å²) >= 11 is 4.07. The third-order valence-corrected chi connectivity index (χ3v) is 8.90. The number of hydrogen-bond donors (Lipinski definition) is 2. The molecule has 184 valence electrons. The molecule has 0 bridgehead atoms. The fraction of sp³-hybridized carbons (Fsp3) is 0.467. The van der Waals surface area contributed by atoms with Gasteiger partial charge in [0, 0.05) is 22.8 Å². The number of aryl methyl sites for hydroxylation is 1. The summed E-state index contributed by atoms with van der Waals surface area (Å²) in [5.74, 6) is 1.19. The van der Waals surface area contributed by atoms with Crippen molar-refractivity contribution < 1.29 is 0 Å². The largest absolute Gasteiger partial charge is 0.330 e. The summed E-state index contributed by atoms with van der Waals surface area (Å²) in [5, 5.41) is 4.77. The van der Waals surface area contributed by atoms with E-state index in [1.165, 1.54) is 45.6 Å². The molecule has 3 N–H and O–H groups in total. The first-order valence-corrected chi connectivity index (χ1v) is 14.7. The monoisotopic (exact) mass is 494 g/mol. The summed E-state index contributed by atoms with van der Waals surface area (Å²) in [6, 6.07) is 16.3. The van der Waals surface area contributed by atoms with E-state index in [2.05, 4.69) is 93.0 Å². The summed E-state index contributed by atoms with van der Waals surface area (Å²) in [6.45, 7) is 12.6. The van der Waals surface area contributed by atoms with E-state index in [1.807, 2.05) is 17.8 Å². The van der Waals surface area contributed by atoms with Crippen molar-refractivity contribution in [1.82, 2.24) is 5.32 Å². The molecule has 0 spiro atoms. The highest BCUT2D eigenvalue weighted by atomic mass is 32.2. The minimum atomic E-state index is 0.324. The first-order chi connectivity index (χ1) is 16.5. The molecule has 4 heteroatoms. The Morgan fingerprint density at radius 1 is 1.21 bits per heavy atom. The van der Waals surface area contributed by atoms with Crippen molar-refractivity contribution in [1.29, 1.82) is 0 Å². The van der Waals surface area contributed by atoms with E-state index in [-0.39, 0.29) is 0 Å². The molecule has 3 rings (SSSR count). The number of nitrogens with one attached hydrogen (secondary N) is 1. The van der Waals surface area contributed by atoms with Crippen LogP contribution in [0.4, 0.5) is 0 Å². The SMILES string of the molecule is C=CCCc1cc(CCN)cc(C(C=C(C)CCC)SC(C)c2cccc(C3NCCS3)c2)c1. The van der Waals surface area contributed by atoms with Crippen LogP contribution < -0.4 is 11.1 Å². The molecule has 2 nitrogen and oxygen atoms in total. The van der Waals surface area contributed by atoms with E-state index in [0.29, 0.717) is 22.4 Å². The lowest BCUT2D eigenvalue weighted by Gasteiger charge is -2.22. The smallest absolute Gasteiger partial charge is 0.0790 e. The Morgan fingerprint density at radius 2 is 2.00 bits per heavy atom. The molecule has 1 aliphatic heterocycles. The molecule has 0 aliphatic carbocycles. The van der Waals surface area contributed by atoms with Gasteiger partial charge in [-0.05, 0) is 73.9 Å². The maximum atomic E-state index is 5.94. The third kappa shape index (κ3) is 8.05. The van der Waals surface area contributed by atoms with E-state index < -0.39 is 0 Å². The maximum Gasteiger partial charge on any atom is 0.0790 e. The van der Waals surface area contributed by atoms with Gasteiger partial charge in [0.25, 0.3) is 0 Å². The highest BCUT2D eigenvalue weighted by Crippen LogP contribution is 2.43. The predicted molar refractivity (Wildman–Crippen MR) is 155 cm³/mol. The van der Waals surface area contributed by atoms with Crippen LogP contribution in [0.1, 0.15) is 83.7 Å². The second-order valence-corrected chi connectivity index (χ2v) is 12.0. The van der Waals surface area contributed by atoms with Crippen LogP contribution in [0, 0.1) is 0 Å². The van der Waals surface area contributed by atoms with E-state index in [0.717, 1.165) is 32.2 Å². The molecule has 1 fully saturated rings. The van der Waals surface area contributed by atoms with Crippen molar-refractivity contribution in [2.24, 2.45) is 5.73 Å². The summed E-state index contributed by atoms with van der Waals surface area (Å²) in [4.78, 5) is 0. The summed E-state index contributed by atoms with van der Waals surface area (Å²) < 4.78 is 0. The van der Waals surface area contributed by atoms with Crippen LogP contribution in [-0.2, 0) is 12.8 Å². The number of nitrogens with two attached hydrogens (primary N) is 1. The van der Waals surface area contributed by atoms with Crippen molar-refractivity contribution in [2.75, 3.05) is 18.8 Å². The van der Waals surface area contributed by atoms with Crippen LogP contribution in [0.5, 0.6) is 0 Å². The molecule has 0 radical (unpaired) electrons. The molecule has 2 aromatic rings. The Hall–Kier alpha value is -1.46. The molecule has 0 aromatic heterocycles. The van der Waals surface area contributed by atoms with Gasteiger partial charge in [-0.3, -0.25) is 0 Å². The number of allylic oxidation sites excluding steroid dienone is 2. The van der Waals surface area contributed by atoms with E-state index in [4.69, 9.17) is 5.73 Å². The lowest BCUT2D eigenvalue weighted by atomic mass is 9.97. The zero-order chi connectivity index (χ0) is 24.3. The zero-order valence-electron chi connectivity index (χ0n) is 21.2. The fourth-order valence-electron chi connectivity index (χ4n) is 4.54. The molecule has 0 saturated carbocycles. The third-order valence-electron chi connectivity index (χ3n) is 6.30. The Balaban J connectivity index is 1.90. The summed E-state index contributed by atoms with van der Waals surface area (Å²) in [7, 11) is 0. The highest BCUT2D eigenvalue weighted by molar-refractivity contribution is 8.00. The van der Waals surface area contributed by atoms with Gasteiger partial charge in [0.1, 0.15) is 0 Å². The van der Waals surface area contributed by atoms with Gasteiger partial charge >= 0.3 is 0 Å². The molecular formula is C30H42N2S2. The lowest BCUT2D eigenvalue weighted by molar-refractivity contribution is 0.750. The van der Waals surface area contributed by atoms with Crippen LogP contribution in [0.15, 0.2) is 66.8 Å². The van der Waals surface area contributed by atoms with Crippen molar-refractivity contribution in [3.05, 3.63) is 94.6 Å². The van der Waals surface area contributed by atoms with Crippen molar-refractivity contribution in [2.45, 2.75) is 68.7 Å². The van der Waals surface area contributed by atoms with Gasteiger partial charge < -0.3 is 11.1 Å². The summed E-state index contributed by atoms with van der Waals surface area (Å²) in [6.07, 6.45) is 9.81. The zero-order valence-corrected chi connectivity index (χ0v) is 22.8. The van der Waals surface area contributed by atoms with Gasteiger partial charge in [-0.1, -0.05) is 73.5 Å². The van der Waals surface area contributed by atoms with Gasteiger partial charge in [-0.15, -0.1) is 30.1 Å². The van der Waals surface area contributed by atoms with Gasteiger partial charge in [0.2, 0.25) is 0 Å².